The summed E-state index contributed by atoms with van der Waals surface area (Å²) in [7, 11) is 1.49. The van der Waals surface area contributed by atoms with Crippen LogP contribution in [0, 0.1) is 5.92 Å². The van der Waals surface area contributed by atoms with E-state index in [0.717, 1.165) is 12.8 Å². The molecule has 1 amide bonds. The van der Waals surface area contributed by atoms with Crippen molar-refractivity contribution in [1.29, 1.82) is 0 Å². The number of carbonyl (C=O) groups is 2. The Morgan fingerprint density at radius 3 is 2.93 bits per heavy atom. The molecule has 0 aromatic rings. The van der Waals surface area contributed by atoms with Gasteiger partial charge >= 0.3 is 0 Å². The van der Waals surface area contributed by atoms with Crippen LogP contribution in [0.3, 0.4) is 0 Å². The van der Waals surface area contributed by atoms with E-state index >= 15 is 0 Å². The summed E-state index contributed by atoms with van der Waals surface area (Å²) in [6, 6.07) is 0. The van der Waals surface area contributed by atoms with Gasteiger partial charge in [-0.05, 0) is 18.8 Å². The monoisotopic (exact) mass is 213 g/mol. The average molecular weight is 213 g/mol. The zero-order valence-corrected chi connectivity index (χ0v) is 9.49. The molecule has 1 fully saturated rings. The van der Waals surface area contributed by atoms with Gasteiger partial charge in [0.25, 0.3) is 0 Å². The first kappa shape index (κ1) is 12.2. The van der Waals surface area contributed by atoms with Crippen LogP contribution in [-0.2, 0) is 14.3 Å². The maximum Gasteiger partial charge on any atom is 0.222 e. The van der Waals surface area contributed by atoms with Crippen LogP contribution in [0.1, 0.15) is 26.2 Å². The van der Waals surface area contributed by atoms with Crippen LogP contribution in [0.25, 0.3) is 0 Å². The van der Waals surface area contributed by atoms with Gasteiger partial charge in [-0.25, -0.2) is 0 Å². The standard InChI is InChI=1S/C11H19NO3/c1-9-3-4-11(14)12(6-5-9)7-10(13)8-15-2/h9H,3-8H2,1-2H3. The summed E-state index contributed by atoms with van der Waals surface area (Å²) in [6.07, 6.45) is 2.50. The van der Waals surface area contributed by atoms with E-state index in [1.807, 2.05) is 0 Å². The summed E-state index contributed by atoms with van der Waals surface area (Å²) in [5, 5.41) is 0. The number of amides is 1. The highest BCUT2D eigenvalue weighted by Gasteiger charge is 2.21. The van der Waals surface area contributed by atoms with Gasteiger partial charge in [-0.15, -0.1) is 0 Å². The molecule has 1 saturated heterocycles. The van der Waals surface area contributed by atoms with Crippen LogP contribution in [0.4, 0.5) is 0 Å². The smallest absolute Gasteiger partial charge is 0.222 e. The zero-order chi connectivity index (χ0) is 11.3. The van der Waals surface area contributed by atoms with E-state index in [-0.39, 0.29) is 24.8 Å². The number of hydrogen-bond acceptors (Lipinski definition) is 3. The van der Waals surface area contributed by atoms with Gasteiger partial charge in [0.15, 0.2) is 5.78 Å². The molecule has 1 rings (SSSR count). The molecule has 0 N–H and O–H groups in total. The predicted molar refractivity (Wildman–Crippen MR) is 56.5 cm³/mol. The third kappa shape index (κ3) is 4.00. The van der Waals surface area contributed by atoms with E-state index in [9.17, 15) is 9.59 Å². The molecule has 1 atom stereocenters. The molecule has 0 radical (unpaired) electrons. The summed E-state index contributed by atoms with van der Waals surface area (Å²) < 4.78 is 4.75. The van der Waals surface area contributed by atoms with Gasteiger partial charge in [-0.2, -0.15) is 0 Å². The predicted octanol–water partition coefficient (Wildman–Crippen LogP) is 0.850. The van der Waals surface area contributed by atoms with Crippen molar-refractivity contribution in [2.24, 2.45) is 5.92 Å². The molecule has 1 unspecified atom stereocenters. The molecule has 86 valence electrons. The second kappa shape index (κ2) is 5.85. The Labute approximate surface area is 90.6 Å². The van der Waals surface area contributed by atoms with Gasteiger partial charge in [0.2, 0.25) is 5.91 Å². The summed E-state index contributed by atoms with van der Waals surface area (Å²) >= 11 is 0. The lowest BCUT2D eigenvalue weighted by molar-refractivity contribution is -0.136. The molecule has 1 aliphatic heterocycles. The molecule has 0 aromatic heterocycles. The Kier molecular flexibility index (Phi) is 4.75. The van der Waals surface area contributed by atoms with Crippen LogP contribution in [0.15, 0.2) is 0 Å². The van der Waals surface area contributed by atoms with Crippen molar-refractivity contribution in [2.75, 3.05) is 26.8 Å². The molecule has 0 aromatic carbocycles. The highest BCUT2D eigenvalue weighted by atomic mass is 16.5. The van der Waals surface area contributed by atoms with E-state index in [2.05, 4.69) is 6.92 Å². The SMILES string of the molecule is COCC(=O)CN1CCC(C)CCC1=O. The second-order valence-electron chi connectivity index (χ2n) is 4.22. The van der Waals surface area contributed by atoms with Gasteiger partial charge < -0.3 is 9.64 Å². The minimum atomic E-state index is -0.0274. The van der Waals surface area contributed by atoms with Crippen molar-refractivity contribution in [3.05, 3.63) is 0 Å². The Morgan fingerprint density at radius 2 is 2.27 bits per heavy atom. The fourth-order valence-electron chi connectivity index (χ4n) is 1.76. The number of rotatable bonds is 4. The number of ketones is 1. The van der Waals surface area contributed by atoms with E-state index < -0.39 is 0 Å². The summed E-state index contributed by atoms with van der Waals surface area (Å²) in [5.41, 5.74) is 0. The lowest BCUT2D eigenvalue weighted by atomic mass is 10.0. The maximum atomic E-state index is 11.6. The van der Waals surface area contributed by atoms with Gasteiger partial charge in [-0.3, -0.25) is 9.59 Å². The molecular formula is C11H19NO3. The van der Waals surface area contributed by atoms with Crippen molar-refractivity contribution >= 4 is 11.7 Å². The normalized spacial score (nSPS) is 22.7. The van der Waals surface area contributed by atoms with Gasteiger partial charge in [0.05, 0.1) is 6.54 Å². The molecule has 1 aliphatic rings. The first-order valence-electron chi connectivity index (χ1n) is 5.42. The zero-order valence-electron chi connectivity index (χ0n) is 9.49. The van der Waals surface area contributed by atoms with E-state index in [4.69, 9.17) is 4.74 Å². The van der Waals surface area contributed by atoms with E-state index in [1.54, 1.807) is 4.90 Å². The molecule has 0 aliphatic carbocycles. The molecule has 0 bridgehead atoms. The van der Waals surface area contributed by atoms with Crippen molar-refractivity contribution in [1.82, 2.24) is 4.90 Å². The van der Waals surface area contributed by atoms with Crippen LogP contribution in [0.5, 0.6) is 0 Å². The topological polar surface area (TPSA) is 46.6 Å². The number of likely N-dealkylation sites (tertiary alicyclic amines) is 1. The minimum absolute atomic E-state index is 0.0274. The highest BCUT2D eigenvalue weighted by molar-refractivity contribution is 5.86. The average Bonchev–Trinajstić information content (AvgIpc) is 2.33. The second-order valence-corrected chi connectivity index (χ2v) is 4.22. The van der Waals surface area contributed by atoms with Crippen molar-refractivity contribution in [3.63, 3.8) is 0 Å². The van der Waals surface area contributed by atoms with E-state index in [0.29, 0.717) is 18.9 Å². The van der Waals surface area contributed by atoms with Gasteiger partial charge in [-0.1, -0.05) is 6.92 Å². The fraction of sp³-hybridized carbons (Fsp3) is 0.818. The molecule has 4 heteroatoms. The summed E-state index contributed by atoms with van der Waals surface area (Å²) in [6.45, 7) is 3.15. The number of carbonyl (C=O) groups excluding carboxylic acids is 2. The number of ether oxygens (including phenoxy) is 1. The van der Waals surface area contributed by atoms with Crippen molar-refractivity contribution in [3.8, 4) is 0 Å². The number of methoxy groups -OCH3 is 1. The van der Waals surface area contributed by atoms with Gasteiger partial charge in [0, 0.05) is 20.1 Å². The van der Waals surface area contributed by atoms with E-state index in [1.165, 1.54) is 7.11 Å². The molecule has 0 saturated carbocycles. The Bertz CT molecular complexity index is 240. The first-order chi connectivity index (χ1) is 7.13. The lowest BCUT2D eigenvalue weighted by Crippen LogP contribution is -2.36. The number of hydrogen-bond donors (Lipinski definition) is 0. The molecule has 15 heavy (non-hydrogen) atoms. The van der Waals surface area contributed by atoms with Crippen LogP contribution >= 0.6 is 0 Å². The van der Waals surface area contributed by atoms with Crippen molar-refractivity contribution < 1.29 is 14.3 Å². The number of nitrogens with zero attached hydrogens (tertiary/aromatic N) is 1. The third-order valence-corrected chi connectivity index (χ3v) is 2.77. The van der Waals surface area contributed by atoms with Crippen molar-refractivity contribution in [2.45, 2.75) is 26.2 Å². The summed E-state index contributed by atoms with van der Waals surface area (Å²) in [4.78, 5) is 24.6. The molecule has 4 nitrogen and oxygen atoms in total. The molecular weight excluding hydrogens is 194 g/mol. The van der Waals surface area contributed by atoms with Crippen LogP contribution < -0.4 is 0 Å². The Balaban J connectivity index is 2.45. The highest BCUT2D eigenvalue weighted by Crippen LogP contribution is 2.17. The lowest BCUT2D eigenvalue weighted by Gasteiger charge is -2.19. The quantitative estimate of drug-likeness (QED) is 0.695. The maximum absolute atomic E-state index is 11.6. The molecule has 1 heterocycles. The fourth-order valence-corrected chi connectivity index (χ4v) is 1.76. The van der Waals surface area contributed by atoms with Gasteiger partial charge in [0.1, 0.15) is 6.61 Å². The first-order valence-corrected chi connectivity index (χ1v) is 5.42. The Hall–Kier alpha value is -0.900. The van der Waals surface area contributed by atoms with Crippen LogP contribution in [-0.4, -0.2) is 43.4 Å². The largest absolute Gasteiger partial charge is 0.377 e. The van der Waals surface area contributed by atoms with Crippen LogP contribution in [0.2, 0.25) is 0 Å². The Morgan fingerprint density at radius 1 is 1.53 bits per heavy atom. The summed E-state index contributed by atoms with van der Waals surface area (Å²) in [5.74, 6) is 0.653. The minimum Gasteiger partial charge on any atom is -0.377 e. The molecule has 0 spiro atoms. The third-order valence-electron chi connectivity index (χ3n) is 2.77. The number of Topliss-reactive ketones (excluding diaryl/α,β-unsaturated/α-hetero) is 1.